The number of ether oxygens (including phenoxy) is 2. The van der Waals surface area contributed by atoms with Crippen LogP contribution in [0.15, 0.2) is 0 Å². The van der Waals surface area contributed by atoms with E-state index in [2.05, 4.69) is 5.32 Å². The van der Waals surface area contributed by atoms with Gasteiger partial charge >= 0.3 is 6.09 Å². The summed E-state index contributed by atoms with van der Waals surface area (Å²) in [6.45, 7) is 7.30. The van der Waals surface area contributed by atoms with Gasteiger partial charge in [-0.1, -0.05) is 0 Å². The fraction of sp³-hybridized carbons (Fsp3) is 0.909. The summed E-state index contributed by atoms with van der Waals surface area (Å²) in [7, 11) is 0. The molecule has 6 nitrogen and oxygen atoms in total. The number of amides is 1. The van der Waals surface area contributed by atoms with E-state index < -0.39 is 17.4 Å². The highest BCUT2D eigenvalue weighted by Crippen LogP contribution is 2.30. The van der Waals surface area contributed by atoms with Crippen LogP contribution < -0.4 is 5.32 Å². The molecule has 2 unspecified atom stereocenters. The molecule has 1 amide bonds. The quantitative estimate of drug-likeness (QED) is 0.623. The second-order valence-corrected chi connectivity index (χ2v) is 5.57. The Morgan fingerprint density at radius 1 is 1.59 bits per heavy atom. The largest absolute Gasteiger partial charge is 0.444 e. The first kappa shape index (κ1) is 12.6. The van der Waals surface area contributed by atoms with Gasteiger partial charge in [0.25, 0.3) is 0 Å². The van der Waals surface area contributed by atoms with Gasteiger partial charge in [0.15, 0.2) is 0 Å². The molecule has 0 bridgehead atoms. The lowest BCUT2D eigenvalue weighted by atomic mass is 9.87. The average Bonchev–Trinajstić information content (AvgIpc) is 2.24. The van der Waals surface area contributed by atoms with Gasteiger partial charge in [0.05, 0.1) is 13.2 Å². The molecule has 2 atom stereocenters. The van der Waals surface area contributed by atoms with Crippen LogP contribution in [-0.4, -0.2) is 59.8 Å². The van der Waals surface area contributed by atoms with E-state index in [0.717, 1.165) is 0 Å². The number of carbonyl (C=O) groups is 1. The number of hydrogen-bond acceptors (Lipinski definition) is 5. The Morgan fingerprint density at radius 2 is 2.29 bits per heavy atom. The van der Waals surface area contributed by atoms with E-state index in [9.17, 15) is 9.90 Å². The molecule has 2 heterocycles. The highest BCUT2D eigenvalue weighted by molar-refractivity contribution is 5.70. The van der Waals surface area contributed by atoms with E-state index in [1.807, 2.05) is 20.8 Å². The van der Waals surface area contributed by atoms with Gasteiger partial charge in [-0.2, -0.15) is 0 Å². The number of hydrogen-bond donors (Lipinski definition) is 2. The Labute approximate surface area is 101 Å². The van der Waals surface area contributed by atoms with Crippen LogP contribution in [0, 0.1) is 0 Å². The molecule has 2 rings (SSSR count). The summed E-state index contributed by atoms with van der Waals surface area (Å²) in [5.41, 5.74) is -1.18. The summed E-state index contributed by atoms with van der Waals surface area (Å²) in [6.07, 6.45) is -1.13. The van der Waals surface area contributed by atoms with Crippen LogP contribution in [0.4, 0.5) is 4.79 Å². The van der Waals surface area contributed by atoms with Crippen molar-refractivity contribution in [2.24, 2.45) is 0 Å². The molecule has 1 spiro atoms. The number of rotatable bonds is 0. The van der Waals surface area contributed by atoms with Crippen LogP contribution in [0.2, 0.25) is 0 Å². The molecule has 0 aromatic carbocycles. The maximum absolute atomic E-state index is 12.1. The second kappa shape index (κ2) is 4.12. The van der Waals surface area contributed by atoms with Crippen LogP contribution in [0.3, 0.4) is 0 Å². The normalized spacial score (nSPS) is 33.4. The van der Waals surface area contributed by atoms with Gasteiger partial charge in [-0.05, 0) is 20.8 Å². The highest BCUT2D eigenvalue weighted by atomic mass is 16.6. The average molecular weight is 244 g/mol. The van der Waals surface area contributed by atoms with Crippen molar-refractivity contribution in [3.05, 3.63) is 0 Å². The van der Waals surface area contributed by atoms with Crippen molar-refractivity contribution in [2.45, 2.75) is 38.1 Å². The lowest BCUT2D eigenvalue weighted by molar-refractivity contribution is -0.169. The van der Waals surface area contributed by atoms with Gasteiger partial charge in [0.2, 0.25) is 0 Å². The fourth-order valence-corrected chi connectivity index (χ4v) is 2.10. The van der Waals surface area contributed by atoms with Gasteiger partial charge in [0, 0.05) is 13.1 Å². The molecular formula is C11H20N2O4. The summed E-state index contributed by atoms with van der Waals surface area (Å²) in [6, 6.07) is 0. The van der Waals surface area contributed by atoms with Gasteiger partial charge < -0.3 is 14.6 Å². The molecule has 0 aliphatic carbocycles. The van der Waals surface area contributed by atoms with E-state index in [-0.39, 0.29) is 6.09 Å². The Balaban J connectivity index is 2.09. The van der Waals surface area contributed by atoms with Crippen molar-refractivity contribution in [1.29, 1.82) is 0 Å². The minimum atomic E-state index is -0.740. The minimum absolute atomic E-state index is 0.348. The number of nitrogens with zero attached hydrogens (tertiary/aromatic N) is 1. The second-order valence-electron chi connectivity index (χ2n) is 5.57. The molecule has 0 aromatic heterocycles. The monoisotopic (exact) mass is 244 g/mol. The van der Waals surface area contributed by atoms with Crippen LogP contribution in [0.1, 0.15) is 20.8 Å². The SMILES string of the molecule is CC(C)(C)OC(=O)N1CCOCC12CNC2O. The Bertz CT molecular complexity index is 315. The van der Waals surface area contributed by atoms with Crippen molar-refractivity contribution >= 4 is 6.09 Å². The van der Waals surface area contributed by atoms with E-state index in [1.165, 1.54) is 0 Å². The van der Waals surface area contributed by atoms with Gasteiger partial charge in [-0.25, -0.2) is 4.79 Å². The van der Waals surface area contributed by atoms with Crippen molar-refractivity contribution in [1.82, 2.24) is 10.2 Å². The number of nitrogens with one attached hydrogen (secondary N) is 1. The maximum atomic E-state index is 12.1. The topological polar surface area (TPSA) is 71.0 Å². The molecule has 0 aromatic rings. The molecule has 2 saturated heterocycles. The van der Waals surface area contributed by atoms with Gasteiger partial charge in [-0.3, -0.25) is 10.2 Å². The summed E-state index contributed by atoms with van der Waals surface area (Å²) >= 11 is 0. The molecule has 0 saturated carbocycles. The molecule has 2 fully saturated rings. The van der Waals surface area contributed by atoms with E-state index in [4.69, 9.17) is 9.47 Å². The third-order valence-electron chi connectivity index (χ3n) is 3.07. The Hall–Kier alpha value is -0.850. The van der Waals surface area contributed by atoms with Crippen molar-refractivity contribution < 1.29 is 19.4 Å². The summed E-state index contributed by atoms with van der Waals surface area (Å²) in [5.74, 6) is 0. The number of aliphatic hydroxyl groups excluding tert-OH is 1. The number of aliphatic hydroxyl groups is 1. The first-order chi connectivity index (χ1) is 7.85. The maximum Gasteiger partial charge on any atom is 0.411 e. The third kappa shape index (κ3) is 2.25. The minimum Gasteiger partial charge on any atom is -0.444 e. The van der Waals surface area contributed by atoms with E-state index in [0.29, 0.717) is 26.3 Å². The van der Waals surface area contributed by atoms with Crippen LogP contribution in [0.5, 0.6) is 0 Å². The third-order valence-corrected chi connectivity index (χ3v) is 3.07. The summed E-state index contributed by atoms with van der Waals surface area (Å²) in [4.78, 5) is 13.7. The molecule has 2 N–H and O–H groups in total. The lowest BCUT2D eigenvalue weighted by Gasteiger charge is -2.55. The summed E-state index contributed by atoms with van der Waals surface area (Å²) < 4.78 is 10.7. The van der Waals surface area contributed by atoms with E-state index >= 15 is 0 Å². The fourth-order valence-electron chi connectivity index (χ4n) is 2.10. The van der Waals surface area contributed by atoms with Crippen LogP contribution in [-0.2, 0) is 9.47 Å². The first-order valence-corrected chi connectivity index (χ1v) is 5.85. The van der Waals surface area contributed by atoms with Crippen LogP contribution in [0.25, 0.3) is 0 Å². The predicted octanol–water partition coefficient (Wildman–Crippen LogP) is -0.0859. The lowest BCUT2D eigenvalue weighted by Crippen LogP contribution is -2.80. The summed E-state index contributed by atoms with van der Waals surface area (Å²) in [5, 5.41) is 12.6. The molecule has 0 radical (unpaired) electrons. The number of morpholine rings is 1. The molecular weight excluding hydrogens is 224 g/mol. The number of carbonyl (C=O) groups excluding carboxylic acids is 1. The molecule has 17 heavy (non-hydrogen) atoms. The smallest absolute Gasteiger partial charge is 0.411 e. The Kier molecular flexibility index (Phi) is 3.05. The van der Waals surface area contributed by atoms with Gasteiger partial charge in [-0.15, -0.1) is 0 Å². The van der Waals surface area contributed by atoms with Crippen molar-refractivity contribution in [3.8, 4) is 0 Å². The Morgan fingerprint density at radius 3 is 2.76 bits per heavy atom. The van der Waals surface area contributed by atoms with Crippen LogP contribution >= 0.6 is 0 Å². The standard InChI is InChI=1S/C11H20N2O4/c1-10(2,3)17-9(15)13-4-5-16-7-11(13)6-12-8(11)14/h8,12,14H,4-7H2,1-3H3. The molecule has 98 valence electrons. The first-order valence-electron chi connectivity index (χ1n) is 5.85. The van der Waals surface area contributed by atoms with Crippen molar-refractivity contribution in [2.75, 3.05) is 26.3 Å². The molecule has 6 heteroatoms. The van der Waals surface area contributed by atoms with Crippen molar-refractivity contribution in [3.63, 3.8) is 0 Å². The zero-order valence-electron chi connectivity index (χ0n) is 10.5. The molecule has 2 aliphatic rings. The van der Waals surface area contributed by atoms with Gasteiger partial charge in [0.1, 0.15) is 17.4 Å². The zero-order chi connectivity index (χ0) is 12.7. The highest BCUT2D eigenvalue weighted by Gasteiger charge is 2.55. The van der Waals surface area contributed by atoms with E-state index in [1.54, 1.807) is 4.90 Å². The predicted molar refractivity (Wildman–Crippen MR) is 60.5 cm³/mol. The zero-order valence-corrected chi connectivity index (χ0v) is 10.5. The molecule has 2 aliphatic heterocycles.